The van der Waals surface area contributed by atoms with E-state index in [1.54, 1.807) is 6.07 Å². The topological polar surface area (TPSA) is 123 Å². The van der Waals surface area contributed by atoms with E-state index in [4.69, 9.17) is 10.9 Å². The maximum Gasteiger partial charge on any atom is 0.178 e. The van der Waals surface area contributed by atoms with E-state index in [0.717, 1.165) is 6.26 Å². The normalized spacial score (nSPS) is 12.6. The summed E-state index contributed by atoms with van der Waals surface area (Å²) in [6, 6.07) is 3.08. The molecule has 0 saturated heterocycles. The molecule has 0 bridgehead atoms. The first-order valence-electron chi connectivity index (χ1n) is 5.11. The number of nitrogens with zero attached hydrogens (tertiary/aromatic N) is 4. The van der Waals surface area contributed by atoms with E-state index in [2.05, 4.69) is 15.2 Å². The molecule has 0 aliphatic rings. The highest BCUT2D eigenvalue weighted by molar-refractivity contribution is 7.90. The number of hydrogen-bond donors (Lipinski definition) is 2. The molecule has 3 N–H and O–H groups in total. The van der Waals surface area contributed by atoms with Crippen molar-refractivity contribution in [2.75, 3.05) is 6.26 Å². The summed E-state index contributed by atoms with van der Waals surface area (Å²) >= 11 is 0. The number of nitrogens with two attached hydrogens (primary N) is 1. The van der Waals surface area contributed by atoms with Crippen LogP contribution in [0.3, 0.4) is 0 Å². The van der Waals surface area contributed by atoms with Gasteiger partial charge in [-0.3, -0.25) is 0 Å². The number of aromatic nitrogens is 3. The molecule has 0 radical (unpaired) electrons. The Morgan fingerprint density at radius 3 is 2.84 bits per heavy atom. The molecule has 2 rings (SSSR count). The molecular weight excluding hydrogens is 270 g/mol. The third-order valence-electron chi connectivity index (χ3n) is 2.37. The second kappa shape index (κ2) is 4.69. The lowest BCUT2D eigenvalue weighted by molar-refractivity contribution is 0.318. The van der Waals surface area contributed by atoms with Gasteiger partial charge in [0.1, 0.15) is 4.90 Å². The van der Waals surface area contributed by atoms with E-state index < -0.39 is 9.84 Å². The number of amidine groups is 1. The lowest BCUT2D eigenvalue weighted by atomic mass is 10.2. The first-order chi connectivity index (χ1) is 8.91. The lowest BCUT2D eigenvalue weighted by Crippen LogP contribution is -2.14. The zero-order valence-corrected chi connectivity index (χ0v) is 10.7. The number of pyridine rings is 1. The molecule has 0 amide bonds. The first kappa shape index (κ1) is 13.0. The zero-order valence-electron chi connectivity index (χ0n) is 9.92. The molecule has 19 heavy (non-hydrogen) atoms. The Bertz CT molecular complexity index is 735. The molecule has 0 aliphatic heterocycles. The average molecular weight is 281 g/mol. The van der Waals surface area contributed by atoms with Crippen LogP contribution in [0.4, 0.5) is 0 Å². The Balaban J connectivity index is 2.46. The van der Waals surface area contributed by atoms with Crippen molar-refractivity contribution in [2.45, 2.75) is 4.90 Å². The second-order valence-electron chi connectivity index (χ2n) is 3.78. The molecule has 9 heteroatoms. The molecule has 2 aromatic rings. The van der Waals surface area contributed by atoms with E-state index >= 15 is 0 Å². The Morgan fingerprint density at radius 2 is 2.26 bits per heavy atom. The molecule has 0 aromatic carbocycles. The standard InChI is InChI=1S/C10H11N5O3S/c1-19(17,18)8-5-13-15(6-8)9-4-7(2-3-12-9)10(11)14-16/h2-6,16H,1H3,(H2,11,14). The van der Waals surface area contributed by atoms with Gasteiger partial charge in [-0.05, 0) is 12.1 Å². The molecule has 0 aliphatic carbocycles. The third kappa shape index (κ3) is 2.71. The summed E-state index contributed by atoms with van der Waals surface area (Å²) in [4.78, 5) is 4.12. The van der Waals surface area contributed by atoms with Crippen LogP contribution in [0.25, 0.3) is 5.82 Å². The van der Waals surface area contributed by atoms with Crippen molar-refractivity contribution in [3.05, 3.63) is 36.3 Å². The van der Waals surface area contributed by atoms with Gasteiger partial charge in [0.2, 0.25) is 0 Å². The number of rotatable bonds is 3. The fourth-order valence-electron chi connectivity index (χ4n) is 1.38. The minimum absolute atomic E-state index is 0.0702. The Kier molecular flexibility index (Phi) is 3.21. The fraction of sp³-hybridized carbons (Fsp3) is 0.100. The summed E-state index contributed by atoms with van der Waals surface area (Å²) < 4.78 is 24.0. The van der Waals surface area contributed by atoms with Crippen LogP contribution in [0.15, 0.2) is 40.8 Å². The van der Waals surface area contributed by atoms with Gasteiger partial charge in [-0.25, -0.2) is 18.1 Å². The van der Waals surface area contributed by atoms with Gasteiger partial charge in [0.15, 0.2) is 21.5 Å². The summed E-state index contributed by atoms with van der Waals surface area (Å²) in [5.41, 5.74) is 5.91. The van der Waals surface area contributed by atoms with Crippen LogP contribution >= 0.6 is 0 Å². The summed E-state index contributed by atoms with van der Waals surface area (Å²) in [6.45, 7) is 0. The van der Waals surface area contributed by atoms with Gasteiger partial charge in [-0.1, -0.05) is 5.16 Å². The Morgan fingerprint density at radius 1 is 1.53 bits per heavy atom. The van der Waals surface area contributed by atoms with Crippen molar-refractivity contribution in [3.8, 4) is 5.82 Å². The smallest absolute Gasteiger partial charge is 0.178 e. The van der Waals surface area contributed by atoms with Crippen molar-refractivity contribution < 1.29 is 13.6 Å². The summed E-state index contributed by atoms with van der Waals surface area (Å²) in [6.07, 6.45) is 5.11. The van der Waals surface area contributed by atoms with Crippen LogP contribution in [-0.2, 0) is 9.84 Å². The molecule has 2 aromatic heterocycles. The van der Waals surface area contributed by atoms with Crippen LogP contribution in [0.5, 0.6) is 0 Å². The Hall–Kier alpha value is -2.42. The number of oxime groups is 1. The highest BCUT2D eigenvalue weighted by atomic mass is 32.2. The quantitative estimate of drug-likeness (QED) is 0.346. The van der Waals surface area contributed by atoms with Crippen molar-refractivity contribution in [3.63, 3.8) is 0 Å². The zero-order chi connectivity index (χ0) is 14.0. The molecule has 0 spiro atoms. The van der Waals surface area contributed by atoms with Crippen LogP contribution < -0.4 is 5.73 Å². The van der Waals surface area contributed by atoms with Crippen molar-refractivity contribution >= 4 is 15.7 Å². The first-order valence-corrected chi connectivity index (χ1v) is 7.00. The number of hydrogen-bond acceptors (Lipinski definition) is 6. The molecule has 0 unspecified atom stereocenters. The minimum Gasteiger partial charge on any atom is -0.409 e. The maximum atomic E-state index is 11.4. The largest absolute Gasteiger partial charge is 0.409 e. The fourth-order valence-corrected chi connectivity index (χ4v) is 1.91. The highest BCUT2D eigenvalue weighted by Gasteiger charge is 2.11. The van der Waals surface area contributed by atoms with Crippen LogP contribution in [0, 0.1) is 0 Å². The van der Waals surface area contributed by atoms with Crippen molar-refractivity contribution in [2.24, 2.45) is 10.9 Å². The highest BCUT2D eigenvalue weighted by Crippen LogP contribution is 2.11. The van der Waals surface area contributed by atoms with E-state index in [9.17, 15) is 8.42 Å². The predicted octanol–water partition coefficient (Wildman–Crippen LogP) is -0.235. The molecule has 0 fully saturated rings. The molecule has 100 valence electrons. The molecule has 0 saturated carbocycles. The SMILES string of the molecule is CS(=O)(=O)c1cnn(-c2cc(/C(N)=N/O)ccn2)c1. The molecule has 8 nitrogen and oxygen atoms in total. The number of sulfone groups is 1. The minimum atomic E-state index is -3.32. The molecule has 0 atom stereocenters. The van der Waals surface area contributed by atoms with Gasteiger partial charge in [0.05, 0.1) is 12.4 Å². The molecular formula is C10H11N5O3S. The van der Waals surface area contributed by atoms with Crippen molar-refractivity contribution in [1.82, 2.24) is 14.8 Å². The van der Waals surface area contributed by atoms with Gasteiger partial charge < -0.3 is 10.9 Å². The van der Waals surface area contributed by atoms with Crippen LogP contribution in [-0.4, -0.2) is 40.5 Å². The monoisotopic (exact) mass is 281 g/mol. The summed E-state index contributed by atoms with van der Waals surface area (Å²) in [5.74, 6) is 0.290. The lowest BCUT2D eigenvalue weighted by Gasteiger charge is -2.02. The average Bonchev–Trinajstić information content (AvgIpc) is 2.87. The Labute approximate surface area is 109 Å². The van der Waals surface area contributed by atoms with Crippen LogP contribution in [0.1, 0.15) is 5.56 Å². The summed E-state index contributed by atoms with van der Waals surface area (Å²) in [5, 5.41) is 15.4. The van der Waals surface area contributed by atoms with Gasteiger partial charge in [0.25, 0.3) is 0 Å². The van der Waals surface area contributed by atoms with Gasteiger partial charge in [-0.15, -0.1) is 0 Å². The van der Waals surface area contributed by atoms with Gasteiger partial charge >= 0.3 is 0 Å². The van der Waals surface area contributed by atoms with Crippen molar-refractivity contribution in [1.29, 1.82) is 0 Å². The van der Waals surface area contributed by atoms with E-state index in [-0.39, 0.29) is 10.7 Å². The van der Waals surface area contributed by atoms with Crippen LogP contribution in [0.2, 0.25) is 0 Å². The van der Waals surface area contributed by atoms with Gasteiger partial charge in [0, 0.05) is 18.0 Å². The molecule has 2 heterocycles. The maximum absolute atomic E-state index is 11.4. The second-order valence-corrected chi connectivity index (χ2v) is 5.80. The van der Waals surface area contributed by atoms with Gasteiger partial charge in [-0.2, -0.15) is 5.10 Å². The summed E-state index contributed by atoms with van der Waals surface area (Å²) in [7, 11) is -3.32. The van der Waals surface area contributed by atoms with E-state index in [1.165, 1.54) is 29.3 Å². The van der Waals surface area contributed by atoms with E-state index in [0.29, 0.717) is 11.4 Å². The predicted molar refractivity (Wildman–Crippen MR) is 67.0 cm³/mol. The van der Waals surface area contributed by atoms with E-state index in [1.807, 2.05) is 0 Å². The third-order valence-corrected chi connectivity index (χ3v) is 3.44.